The first-order chi connectivity index (χ1) is 15.9. The minimum Gasteiger partial charge on any atom is -0.403 e. The Hall–Kier alpha value is -3.41. The number of carbonyl (C=O) groups is 1. The first kappa shape index (κ1) is 23.7. The average molecular weight is 481 g/mol. The average Bonchev–Trinajstić information content (AvgIpc) is 3.41. The van der Waals surface area contributed by atoms with Gasteiger partial charge in [0.25, 0.3) is 5.91 Å². The van der Waals surface area contributed by atoms with Gasteiger partial charge in [-0.3, -0.25) is 4.79 Å². The van der Waals surface area contributed by atoms with Gasteiger partial charge in [0.15, 0.2) is 17.2 Å². The normalized spacial score (nSPS) is 15.6. The monoisotopic (exact) mass is 481 g/mol. The van der Waals surface area contributed by atoms with Crippen LogP contribution in [0.4, 0.5) is 23.4 Å². The van der Waals surface area contributed by atoms with Crippen LogP contribution in [0, 0.1) is 5.82 Å². The highest BCUT2D eigenvalue weighted by Crippen LogP contribution is 2.32. The number of rotatable bonds is 6. The van der Waals surface area contributed by atoms with E-state index in [1.807, 2.05) is 0 Å². The van der Waals surface area contributed by atoms with Gasteiger partial charge >= 0.3 is 6.36 Å². The fourth-order valence-electron chi connectivity index (χ4n) is 3.92. The van der Waals surface area contributed by atoms with E-state index in [0.29, 0.717) is 11.5 Å². The van der Waals surface area contributed by atoms with Gasteiger partial charge in [0.1, 0.15) is 11.4 Å². The molecule has 8 nitrogen and oxygen atoms in total. The summed E-state index contributed by atoms with van der Waals surface area (Å²) in [5, 5.41) is 17.4. The van der Waals surface area contributed by atoms with Crippen molar-refractivity contribution in [3.8, 4) is 5.75 Å². The van der Waals surface area contributed by atoms with Gasteiger partial charge in [-0.25, -0.2) is 13.9 Å². The Morgan fingerprint density at radius 2 is 1.91 bits per heavy atom. The number of aromatic nitrogens is 3. The largest absolute Gasteiger partial charge is 0.573 e. The Labute approximate surface area is 192 Å². The first-order valence-electron chi connectivity index (χ1n) is 10.6. The molecule has 0 bridgehead atoms. The van der Waals surface area contributed by atoms with Crippen molar-refractivity contribution in [2.75, 3.05) is 18.0 Å². The number of halogens is 4. The Balaban J connectivity index is 1.62. The molecule has 3 heterocycles. The first-order valence-corrected chi connectivity index (χ1v) is 10.6. The molecule has 1 aliphatic rings. The van der Waals surface area contributed by atoms with Crippen LogP contribution >= 0.6 is 0 Å². The van der Waals surface area contributed by atoms with Crippen LogP contribution < -0.4 is 15.0 Å². The van der Waals surface area contributed by atoms with Gasteiger partial charge in [0.2, 0.25) is 0 Å². The van der Waals surface area contributed by atoms with Crippen molar-refractivity contribution in [3.63, 3.8) is 0 Å². The number of alkyl halides is 3. The van der Waals surface area contributed by atoms with E-state index < -0.39 is 35.5 Å². The van der Waals surface area contributed by atoms with Crippen LogP contribution in [0.2, 0.25) is 0 Å². The van der Waals surface area contributed by atoms with Crippen LogP contribution in [-0.4, -0.2) is 50.7 Å². The van der Waals surface area contributed by atoms with Gasteiger partial charge in [-0.15, -0.1) is 13.2 Å². The Bertz CT molecular complexity index is 1200. The molecule has 0 spiro atoms. The molecule has 1 fully saturated rings. The predicted octanol–water partition coefficient (Wildman–Crippen LogP) is 3.61. The highest BCUT2D eigenvalue weighted by Gasteiger charge is 2.35. The standard InChI is InChI=1S/C22H23F4N5O3/c1-21(2,33)18(13-5-6-16(15(23)11-13)34-22(24,25)26)29-20(32)14-12-27-31-10-7-17(28-19(14)31)30-8-3-4-9-30/h5-7,10-12,18,33H,3-4,8-9H2,1-2H3,(H,29,32). The molecule has 1 aliphatic heterocycles. The van der Waals surface area contributed by atoms with E-state index in [1.165, 1.54) is 24.6 Å². The number of benzene rings is 1. The molecule has 0 aliphatic carbocycles. The summed E-state index contributed by atoms with van der Waals surface area (Å²) in [5.41, 5.74) is -1.11. The van der Waals surface area contributed by atoms with Gasteiger partial charge in [-0.05, 0) is 50.5 Å². The molecule has 1 atom stereocenters. The lowest BCUT2D eigenvalue weighted by Crippen LogP contribution is -2.42. The summed E-state index contributed by atoms with van der Waals surface area (Å²) < 4.78 is 56.7. The molecule has 0 saturated carbocycles. The number of carbonyl (C=O) groups excluding carboxylic acids is 1. The maximum Gasteiger partial charge on any atom is 0.573 e. The fourth-order valence-corrected chi connectivity index (χ4v) is 3.92. The van der Waals surface area contributed by atoms with Crippen molar-refractivity contribution in [1.82, 2.24) is 19.9 Å². The molecule has 4 rings (SSSR count). The lowest BCUT2D eigenvalue weighted by molar-refractivity contribution is -0.275. The van der Waals surface area contributed by atoms with Crippen LogP contribution in [0.25, 0.3) is 5.65 Å². The molecule has 182 valence electrons. The molecule has 12 heteroatoms. The zero-order valence-electron chi connectivity index (χ0n) is 18.4. The smallest absolute Gasteiger partial charge is 0.403 e. The second kappa shape index (κ2) is 8.75. The number of ether oxygens (including phenoxy) is 1. The molecule has 1 amide bonds. The predicted molar refractivity (Wildman–Crippen MR) is 114 cm³/mol. The molecule has 1 aromatic carbocycles. The number of nitrogens with one attached hydrogen (secondary N) is 1. The van der Waals surface area contributed by atoms with Gasteiger partial charge in [-0.2, -0.15) is 5.10 Å². The summed E-state index contributed by atoms with van der Waals surface area (Å²) in [6.45, 7) is 4.49. The molecule has 2 N–H and O–H groups in total. The Kier molecular flexibility index (Phi) is 6.11. The molecular formula is C22H23F4N5O3. The lowest BCUT2D eigenvalue weighted by atomic mass is 9.91. The maximum atomic E-state index is 14.3. The number of hydrogen-bond acceptors (Lipinski definition) is 6. The summed E-state index contributed by atoms with van der Waals surface area (Å²) in [6.07, 6.45) is 0.0610. The van der Waals surface area contributed by atoms with Crippen molar-refractivity contribution >= 4 is 17.4 Å². The quantitative estimate of drug-likeness (QED) is 0.523. The van der Waals surface area contributed by atoms with E-state index in [9.17, 15) is 27.5 Å². The number of amides is 1. The van der Waals surface area contributed by atoms with Crippen LogP contribution in [-0.2, 0) is 0 Å². The minimum atomic E-state index is -5.06. The summed E-state index contributed by atoms with van der Waals surface area (Å²) in [4.78, 5) is 19.8. The van der Waals surface area contributed by atoms with Gasteiger partial charge in [0, 0.05) is 19.3 Å². The molecule has 1 saturated heterocycles. The highest BCUT2D eigenvalue weighted by molar-refractivity contribution is 6.00. The van der Waals surface area contributed by atoms with Crippen molar-refractivity contribution in [2.45, 2.75) is 44.7 Å². The second-order valence-electron chi connectivity index (χ2n) is 8.60. The van der Waals surface area contributed by atoms with Crippen LogP contribution in [0.15, 0.2) is 36.7 Å². The van der Waals surface area contributed by atoms with Crippen LogP contribution in [0.3, 0.4) is 0 Å². The van der Waals surface area contributed by atoms with Gasteiger partial charge in [0.05, 0.1) is 17.8 Å². The van der Waals surface area contributed by atoms with E-state index in [1.54, 1.807) is 12.3 Å². The lowest BCUT2D eigenvalue weighted by Gasteiger charge is -2.30. The summed E-state index contributed by atoms with van der Waals surface area (Å²) >= 11 is 0. The molecule has 1 unspecified atom stereocenters. The number of nitrogens with zero attached hydrogens (tertiary/aromatic N) is 4. The van der Waals surface area contributed by atoms with Crippen molar-refractivity contribution in [1.29, 1.82) is 0 Å². The SMILES string of the molecule is CC(C)(O)C(NC(=O)c1cnn2ccc(N3CCCC3)nc12)c1ccc(OC(F)(F)F)c(F)c1. The maximum absolute atomic E-state index is 14.3. The number of hydrogen-bond donors (Lipinski definition) is 2. The highest BCUT2D eigenvalue weighted by atomic mass is 19.4. The van der Waals surface area contributed by atoms with E-state index >= 15 is 0 Å². The van der Waals surface area contributed by atoms with Gasteiger partial charge < -0.3 is 20.1 Å². The number of fused-ring (bicyclic) bond motifs is 1. The summed E-state index contributed by atoms with van der Waals surface area (Å²) in [6, 6.07) is 3.37. The third-order valence-electron chi connectivity index (χ3n) is 5.53. The van der Waals surface area contributed by atoms with E-state index in [4.69, 9.17) is 0 Å². The number of aliphatic hydroxyl groups is 1. The van der Waals surface area contributed by atoms with Crippen LogP contribution in [0.5, 0.6) is 5.75 Å². The fraction of sp³-hybridized carbons (Fsp3) is 0.409. The van der Waals surface area contributed by atoms with E-state index in [0.717, 1.165) is 44.1 Å². The van der Waals surface area contributed by atoms with Crippen molar-refractivity contribution in [3.05, 3.63) is 53.6 Å². The van der Waals surface area contributed by atoms with E-state index in [-0.39, 0.29) is 11.1 Å². The Morgan fingerprint density at radius 3 is 2.53 bits per heavy atom. The summed E-state index contributed by atoms with van der Waals surface area (Å²) in [5.74, 6) is -2.23. The minimum absolute atomic E-state index is 0.0510. The van der Waals surface area contributed by atoms with E-state index in [2.05, 4.69) is 25.0 Å². The van der Waals surface area contributed by atoms with Crippen molar-refractivity contribution in [2.24, 2.45) is 0 Å². The molecular weight excluding hydrogens is 458 g/mol. The van der Waals surface area contributed by atoms with Gasteiger partial charge in [-0.1, -0.05) is 6.07 Å². The zero-order valence-corrected chi connectivity index (χ0v) is 18.4. The molecule has 34 heavy (non-hydrogen) atoms. The molecule has 0 radical (unpaired) electrons. The zero-order chi connectivity index (χ0) is 24.7. The van der Waals surface area contributed by atoms with Crippen molar-refractivity contribution < 1.29 is 32.2 Å². The second-order valence-corrected chi connectivity index (χ2v) is 8.60. The third-order valence-corrected chi connectivity index (χ3v) is 5.53. The Morgan fingerprint density at radius 1 is 1.21 bits per heavy atom. The third kappa shape index (κ3) is 5.06. The molecule has 3 aromatic rings. The molecule has 2 aromatic heterocycles. The van der Waals surface area contributed by atoms with Crippen LogP contribution in [0.1, 0.15) is 48.7 Å². The topological polar surface area (TPSA) is 92.0 Å². The summed E-state index contributed by atoms with van der Waals surface area (Å²) in [7, 11) is 0. The number of anilines is 1.